The lowest BCUT2D eigenvalue weighted by molar-refractivity contribution is 0.282. The van der Waals surface area contributed by atoms with Gasteiger partial charge in [-0.2, -0.15) is 0 Å². The third-order valence-electron chi connectivity index (χ3n) is 1.28. The minimum Gasteiger partial charge on any atom is -0.393 e. The highest BCUT2D eigenvalue weighted by Gasteiger charge is 1.96. The van der Waals surface area contributed by atoms with Gasteiger partial charge >= 0.3 is 0 Å². The number of benzene rings is 1. The highest BCUT2D eigenvalue weighted by atomic mass is 16.3. The number of aliphatic hydroxyl groups excluding tert-OH is 1. The fourth-order valence-electron chi connectivity index (χ4n) is 0.754. The van der Waals surface area contributed by atoms with Crippen LogP contribution in [0.15, 0.2) is 24.3 Å². The summed E-state index contributed by atoms with van der Waals surface area (Å²) in [6.45, 7) is 6.64. The number of para-hydroxylation sites is 1. The van der Waals surface area contributed by atoms with Crippen LogP contribution >= 0.6 is 0 Å². The van der Waals surface area contributed by atoms with Gasteiger partial charge < -0.3 is 5.11 Å². The Hall–Kier alpha value is -1.33. The molecule has 0 aliphatic heterocycles. The van der Waals surface area contributed by atoms with E-state index in [0.29, 0.717) is 11.3 Å². The van der Waals surface area contributed by atoms with Crippen LogP contribution in [-0.2, 0) is 6.61 Å². The Labute approximate surface area is 59.6 Å². The van der Waals surface area contributed by atoms with Crippen LogP contribution in [0.4, 0.5) is 5.69 Å². The van der Waals surface area contributed by atoms with Crippen LogP contribution in [0, 0.1) is 6.57 Å². The lowest BCUT2D eigenvalue weighted by Gasteiger charge is -1.95. The van der Waals surface area contributed by atoms with Gasteiger partial charge in [-0.25, -0.2) is 4.85 Å². The SMILES string of the molecule is [C-]#[N+]c1ccccc1CO. The van der Waals surface area contributed by atoms with Crippen molar-refractivity contribution in [3.8, 4) is 0 Å². The summed E-state index contributed by atoms with van der Waals surface area (Å²) < 4.78 is 0. The van der Waals surface area contributed by atoms with Gasteiger partial charge in [-0.05, 0) is 5.56 Å². The van der Waals surface area contributed by atoms with E-state index in [9.17, 15) is 0 Å². The van der Waals surface area contributed by atoms with Gasteiger partial charge in [0.05, 0.1) is 13.2 Å². The summed E-state index contributed by atoms with van der Waals surface area (Å²) in [5, 5.41) is 8.71. The molecule has 0 heterocycles. The maximum Gasteiger partial charge on any atom is 0.192 e. The molecule has 1 N–H and O–H groups in total. The van der Waals surface area contributed by atoms with Crippen molar-refractivity contribution in [3.05, 3.63) is 41.2 Å². The third-order valence-corrected chi connectivity index (χ3v) is 1.28. The molecule has 0 amide bonds. The quantitative estimate of drug-likeness (QED) is 0.580. The zero-order valence-electron chi connectivity index (χ0n) is 5.41. The molecule has 10 heavy (non-hydrogen) atoms. The fourth-order valence-corrected chi connectivity index (χ4v) is 0.754. The van der Waals surface area contributed by atoms with Crippen molar-refractivity contribution in [1.29, 1.82) is 0 Å². The second kappa shape index (κ2) is 3.00. The van der Waals surface area contributed by atoms with Crippen molar-refractivity contribution in [3.63, 3.8) is 0 Å². The number of hydrogen-bond donors (Lipinski definition) is 1. The molecular weight excluding hydrogens is 126 g/mol. The van der Waals surface area contributed by atoms with E-state index in [1.807, 2.05) is 0 Å². The van der Waals surface area contributed by atoms with E-state index >= 15 is 0 Å². The fraction of sp³-hybridized carbons (Fsp3) is 0.125. The maximum atomic E-state index is 8.71. The Balaban J connectivity index is 3.12. The van der Waals surface area contributed by atoms with E-state index in [1.54, 1.807) is 24.3 Å². The molecule has 0 saturated heterocycles. The molecule has 0 saturated carbocycles. The molecule has 0 aliphatic rings. The van der Waals surface area contributed by atoms with Crippen LogP contribution in [0.3, 0.4) is 0 Å². The van der Waals surface area contributed by atoms with Crippen LogP contribution in [0.5, 0.6) is 0 Å². The largest absolute Gasteiger partial charge is 0.393 e. The van der Waals surface area contributed by atoms with Gasteiger partial charge in [0.25, 0.3) is 0 Å². The molecule has 0 fully saturated rings. The van der Waals surface area contributed by atoms with E-state index in [0.717, 1.165) is 0 Å². The van der Waals surface area contributed by atoms with E-state index in [-0.39, 0.29) is 6.61 Å². The van der Waals surface area contributed by atoms with Gasteiger partial charge in [0.15, 0.2) is 5.69 Å². The first-order chi connectivity index (χ1) is 4.88. The monoisotopic (exact) mass is 133 g/mol. The average molecular weight is 133 g/mol. The Morgan fingerprint density at radius 1 is 1.40 bits per heavy atom. The lowest BCUT2D eigenvalue weighted by atomic mass is 10.2. The highest BCUT2D eigenvalue weighted by molar-refractivity contribution is 5.51. The van der Waals surface area contributed by atoms with Crippen LogP contribution in [0.1, 0.15) is 5.56 Å². The zero-order valence-corrected chi connectivity index (χ0v) is 5.41. The summed E-state index contributed by atoms with van der Waals surface area (Å²) in [6, 6.07) is 7.03. The first-order valence-corrected chi connectivity index (χ1v) is 2.94. The van der Waals surface area contributed by atoms with E-state index < -0.39 is 0 Å². The Morgan fingerprint density at radius 3 is 2.60 bits per heavy atom. The summed E-state index contributed by atoms with van der Waals surface area (Å²) in [5.74, 6) is 0. The Bertz CT molecular complexity index is 262. The summed E-state index contributed by atoms with van der Waals surface area (Å²) in [6.07, 6.45) is 0. The van der Waals surface area contributed by atoms with Gasteiger partial charge in [0.1, 0.15) is 0 Å². The molecule has 1 aromatic carbocycles. The standard InChI is InChI=1S/C8H7NO/c1-9-8-5-3-2-4-7(8)6-10/h2-5,10H,6H2. The van der Waals surface area contributed by atoms with E-state index in [1.165, 1.54) is 0 Å². The van der Waals surface area contributed by atoms with Crippen LogP contribution in [0.25, 0.3) is 4.85 Å². The first kappa shape index (κ1) is 6.79. The minimum atomic E-state index is -0.0570. The third kappa shape index (κ3) is 1.15. The molecule has 2 heteroatoms. The molecule has 50 valence electrons. The molecule has 0 aromatic heterocycles. The molecule has 2 nitrogen and oxygen atoms in total. The predicted octanol–water partition coefficient (Wildman–Crippen LogP) is 1.73. The van der Waals surface area contributed by atoms with Gasteiger partial charge in [-0.15, -0.1) is 0 Å². The van der Waals surface area contributed by atoms with Crippen molar-refractivity contribution < 1.29 is 5.11 Å². The molecule has 0 unspecified atom stereocenters. The van der Waals surface area contributed by atoms with Crippen molar-refractivity contribution >= 4 is 5.69 Å². The molecule has 0 spiro atoms. The summed E-state index contributed by atoms with van der Waals surface area (Å²) in [4.78, 5) is 3.23. The normalized spacial score (nSPS) is 8.80. The average Bonchev–Trinajstić information content (AvgIpc) is 2.04. The van der Waals surface area contributed by atoms with Crippen molar-refractivity contribution in [2.45, 2.75) is 6.61 Å². The van der Waals surface area contributed by atoms with Crippen molar-refractivity contribution in [1.82, 2.24) is 0 Å². The van der Waals surface area contributed by atoms with Crippen LogP contribution in [0.2, 0.25) is 0 Å². The minimum absolute atomic E-state index is 0.0570. The molecule has 0 aliphatic carbocycles. The molecule has 1 aromatic rings. The number of rotatable bonds is 1. The molecule has 0 bridgehead atoms. The maximum absolute atomic E-state index is 8.71. The van der Waals surface area contributed by atoms with E-state index in [4.69, 9.17) is 11.7 Å². The Kier molecular flexibility index (Phi) is 2.03. The van der Waals surface area contributed by atoms with Gasteiger partial charge in [0.2, 0.25) is 0 Å². The molecule has 0 atom stereocenters. The number of nitrogens with zero attached hydrogens (tertiary/aromatic N) is 1. The van der Waals surface area contributed by atoms with Crippen molar-refractivity contribution in [2.24, 2.45) is 0 Å². The lowest BCUT2D eigenvalue weighted by Crippen LogP contribution is -1.80. The van der Waals surface area contributed by atoms with Crippen molar-refractivity contribution in [2.75, 3.05) is 0 Å². The number of aliphatic hydroxyl groups is 1. The van der Waals surface area contributed by atoms with E-state index in [2.05, 4.69) is 4.85 Å². The second-order valence-corrected chi connectivity index (χ2v) is 1.90. The molecule has 1 rings (SSSR count). The summed E-state index contributed by atoms with van der Waals surface area (Å²) in [7, 11) is 0. The van der Waals surface area contributed by atoms with Gasteiger partial charge in [-0.1, -0.05) is 24.3 Å². The highest BCUT2D eigenvalue weighted by Crippen LogP contribution is 2.17. The smallest absolute Gasteiger partial charge is 0.192 e. The Morgan fingerprint density at radius 2 is 2.10 bits per heavy atom. The number of hydrogen-bond acceptors (Lipinski definition) is 1. The molecular formula is C8H7NO. The molecule has 0 radical (unpaired) electrons. The topological polar surface area (TPSA) is 24.6 Å². The second-order valence-electron chi connectivity index (χ2n) is 1.90. The zero-order chi connectivity index (χ0) is 7.40. The van der Waals surface area contributed by atoms with Gasteiger partial charge in [0, 0.05) is 0 Å². The first-order valence-electron chi connectivity index (χ1n) is 2.94. The predicted molar refractivity (Wildman–Crippen MR) is 38.6 cm³/mol. The summed E-state index contributed by atoms with van der Waals surface area (Å²) in [5.41, 5.74) is 1.22. The van der Waals surface area contributed by atoms with Crippen LogP contribution < -0.4 is 0 Å². The van der Waals surface area contributed by atoms with Gasteiger partial charge in [-0.3, -0.25) is 0 Å². The van der Waals surface area contributed by atoms with Crippen LogP contribution in [-0.4, -0.2) is 5.11 Å². The summed E-state index contributed by atoms with van der Waals surface area (Å²) >= 11 is 0.